The van der Waals surface area contributed by atoms with E-state index in [0.717, 1.165) is 27.9 Å². The summed E-state index contributed by atoms with van der Waals surface area (Å²) in [5, 5.41) is 4.02. The quantitative estimate of drug-likeness (QED) is 0.587. The highest BCUT2D eigenvalue weighted by molar-refractivity contribution is 5.94. The molecule has 0 aliphatic heterocycles. The van der Waals surface area contributed by atoms with Crippen LogP contribution >= 0.6 is 0 Å². The Morgan fingerprint density at radius 3 is 2.50 bits per heavy atom. The number of amides is 1. The number of anilines is 1. The molecule has 160 valence electrons. The molecule has 0 saturated heterocycles. The van der Waals surface area contributed by atoms with Gasteiger partial charge in [0.25, 0.3) is 0 Å². The molecule has 0 radical (unpaired) electrons. The lowest BCUT2D eigenvalue weighted by Gasteiger charge is -2.39. The van der Waals surface area contributed by atoms with Crippen molar-refractivity contribution in [2.75, 3.05) is 12.4 Å². The van der Waals surface area contributed by atoms with Gasteiger partial charge in [0.1, 0.15) is 17.2 Å². The molecule has 6 nitrogen and oxygen atoms in total. The number of aromatic amines is 1. The summed E-state index contributed by atoms with van der Waals surface area (Å²) in [6.45, 7) is 12.6. The van der Waals surface area contributed by atoms with E-state index in [-0.39, 0.29) is 17.2 Å². The summed E-state index contributed by atoms with van der Waals surface area (Å²) in [4.78, 5) is 24.9. The minimum Gasteiger partial charge on any atom is -0.495 e. The number of methoxy groups -OCH3 is 1. The Morgan fingerprint density at radius 1 is 1.17 bits per heavy atom. The Balaban J connectivity index is 1.72. The van der Waals surface area contributed by atoms with E-state index in [0.29, 0.717) is 12.2 Å². The average Bonchev–Trinajstić information content (AvgIpc) is 3.10. The number of nitrogens with one attached hydrogen (secondary N) is 2. The number of carbonyl (C=O) groups is 1. The van der Waals surface area contributed by atoms with Gasteiger partial charge in [-0.3, -0.25) is 4.79 Å². The van der Waals surface area contributed by atoms with Crippen LogP contribution < -0.4 is 10.1 Å². The molecule has 0 saturated carbocycles. The van der Waals surface area contributed by atoms with Gasteiger partial charge >= 0.3 is 0 Å². The lowest BCUT2D eigenvalue weighted by Crippen LogP contribution is -2.41. The Kier molecular flexibility index (Phi) is 5.88. The maximum Gasteiger partial charge on any atom is 0.231 e. The van der Waals surface area contributed by atoms with E-state index in [1.54, 1.807) is 13.3 Å². The van der Waals surface area contributed by atoms with E-state index in [2.05, 4.69) is 48.0 Å². The molecule has 0 spiro atoms. The Labute approximate surface area is 178 Å². The molecule has 0 fully saturated rings. The van der Waals surface area contributed by atoms with Gasteiger partial charge in [-0.15, -0.1) is 0 Å². The zero-order valence-corrected chi connectivity index (χ0v) is 19.0. The number of pyridine rings is 2. The van der Waals surface area contributed by atoms with E-state index in [1.165, 1.54) is 0 Å². The second-order valence-corrected chi connectivity index (χ2v) is 9.58. The van der Waals surface area contributed by atoms with Crippen molar-refractivity contribution < 1.29 is 9.53 Å². The molecular formula is C24H32N4O2. The van der Waals surface area contributed by atoms with Crippen LogP contribution in [0.2, 0.25) is 0 Å². The van der Waals surface area contributed by atoms with Gasteiger partial charge in [-0.05, 0) is 34.6 Å². The van der Waals surface area contributed by atoms with E-state index in [9.17, 15) is 4.79 Å². The van der Waals surface area contributed by atoms with Crippen molar-refractivity contribution in [3.05, 3.63) is 47.9 Å². The molecule has 2 N–H and O–H groups in total. The summed E-state index contributed by atoms with van der Waals surface area (Å²) in [5.74, 6) is 1.49. The normalized spacial score (nSPS) is 13.3. The number of carbonyl (C=O) groups excluding carboxylic acids is 1. The maximum atomic E-state index is 12.9. The predicted octanol–water partition coefficient (Wildman–Crippen LogP) is 5.20. The minimum absolute atomic E-state index is 0.0139. The van der Waals surface area contributed by atoms with Crippen molar-refractivity contribution in [1.82, 2.24) is 15.0 Å². The second kappa shape index (κ2) is 8.09. The molecule has 0 bridgehead atoms. The molecule has 30 heavy (non-hydrogen) atoms. The molecule has 6 heteroatoms. The summed E-state index contributed by atoms with van der Waals surface area (Å²) in [7, 11) is 1.63. The largest absolute Gasteiger partial charge is 0.495 e. The highest BCUT2D eigenvalue weighted by Gasteiger charge is 2.40. The van der Waals surface area contributed by atoms with Crippen molar-refractivity contribution in [2.24, 2.45) is 16.7 Å². The van der Waals surface area contributed by atoms with E-state index in [4.69, 9.17) is 4.74 Å². The van der Waals surface area contributed by atoms with Gasteiger partial charge in [0.05, 0.1) is 13.3 Å². The number of ether oxygens (including phenoxy) is 1. The van der Waals surface area contributed by atoms with Crippen LogP contribution in [0.25, 0.3) is 11.0 Å². The van der Waals surface area contributed by atoms with E-state index < -0.39 is 5.41 Å². The van der Waals surface area contributed by atoms with Gasteiger partial charge < -0.3 is 15.0 Å². The Morgan fingerprint density at radius 2 is 1.90 bits per heavy atom. The topological polar surface area (TPSA) is 79.9 Å². The summed E-state index contributed by atoms with van der Waals surface area (Å²) < 4.78 is 5.29. The number of aromatic nitrogens is 3. The van der Waals surface area contributed by atoms with Crippen molar-refractivity contribution in [3.63, 3.8) is 0 Å². The molecular weight excluding hydrogens is 376 g/mol. The zero-order valence-electron chi connectivity index (χ0n) is 19.0. The van der Waals surface area contributed by atoms with Gasteiger partial charge in [-0.1, -0.05) is 47.6 Å². The van der Waals surface area contributed by atoms with Crippen molar-refractivity contribution in [3.8, 4) is 5.75 Å². The first kappa shape index (κ1) is 21.8. The van der Waals surface area contributed by atoms with Crippen LogP contribution in [0, 0.1) is 16.7 Å². The summed E-state index contributed by atoms with van der Waals surface area (Å²) in [6, 6.07) is 5.84. The number of fused-ring (bicyclic) bond motifs is 1. The third-order valence-corrected chi connectivity index (χ3v) is 6.26. The Hall–Kier alpha value is -2.89. The van der Waals surface area contributed by atoms with Crippen LogP contribution in [-0.2, 0) is 11.2 Å². The van der Waals surface area contributed by atoms with Crippen LogP contribution in [0.3, 0.4) is 0 Å². The lowest BCUT2D eigenvalue weighted by molar-refractivity contribution is -0.128. The average molecular weight is 409 g/mol. The van der Waals surface area contributed by atoms with Crippen molar-refractivity contribution in [1.29, 1.82) is 0 Å². The monoisotopic (exact) mass is 408 g/mol. The standard InChI is InChI=1S/C24H32N4O2/c1-15(23(2,3)4)24(5,6)22(29)28-20-9-8-16(12-25-20)10-17-13-26-21-19(17)11-18(30-7)14-27-21/h8-9,11-15H,10H2,1-7H3,(H,26,27)(H,25,28,29). The fourth-order valence-corrected chi connectivity index (χ4v) is 3.68. The molecule has 0 aliphatic carbocycles. The zero-order chi connectivity index (χ0) is 22.1. The number of hydrogen-bond acceptors (Lipinski definition) is 4. The molecule has 0 aromatic carbocycles. The minimum atomic E-state index is -0.505. The van der Waals surface area contributed by atoms with Crippen LogP contribution in [0.1, 0.15) is 52.7 Å². The third-order valence-electron chi connectivity index (χ3n) is 6.26. The first-order chi connectivity index (χ1) is 14.0. The summed E-state index contributed by atoms with van der Waals surface area (Å²) in [6.07, 6.45) is 6.18. The van der Waals surface area contributed by atoms with Crippen LogP contribution in [0.4, 0.5) is 5.82 Å². The first-order valence-electron chi connectivity index (χ1n) is 10.3. The van der Waals surface area contributed by atoms with E-state index in [1.807, 2.05) is 44.4 Å². The third kappa shape index (κ3) is 4.48. The number of nitrogens with zero attached hydrogens (tertiary/aromatic N) is 2. The molecule has 1 unspecified atom stereocenters. The number of rotatable bonds is 6. The Bertz CT molecular complexity index is 1030. The van der Waals surface area contributed by atoms with Crippen molar-refractivity contribution in [2.45, 2.75) is 48.0 Å². The lowest BCUT2D eigenvalue weighted by atomic mass is 9.66. The van der Waals surface area contributed by atoms with Crippen molar-refractivity contribution >= 4 is 22.8 Å². The van der Waals surface area contributed by atoms with E-state index >= 15 is 0 Å². The van der Waals surface area contributed by atoms with Gasteiger partial charge in [0, 0.05) is 29.6 Å². The summed E-state index contributed by atoms with van der Waals surface area (Å²) >= 11 is 0. The highest BCUT2D eigenvalue weighted by Crippen LogP contribution is 2.40. The second-order valence-electron chi connectivity index (χ2n) is 9.58. The van der Waals surface area contributed by atoms with Crippen LogP contribution in [0.5, 0.6) is 5.75 Å². The SMILES string of the molecule is COc1cnc2[nH]cc(Cc3ccc(NC(=O)C(C)(C)C(C)C(C)(C)C)nc3)c2c1. The molecule has 3 heterocycles. The van der Waals surface area contributed by atoms with Gasteiger partial charge in [0.2, 0.25) is 5.91 Å². The molecule has 1 amide bonds. The van der Waals surface area contributed by atoms with Crippen LogP contribution in [0.15, 0.2) is 36.8 Å². The van der Waals surface area contributed by atoms with Crippen LogP contribution in [-0.4, -0.2) is 28.0 Å². The molecule has 3 aromatic rings. The smallest absolute Gasteiger partial charge is 0.231 e. The fraction of sp³-hybridized carbons (Fsp3) is 0.458. The maximum absolute atomic E-state index is 12.9. The molecule has 3 aromatic heterocycles. The highest BCUT2D eigenvalue weighted by atomic mass is 16.5. The molecule has 1 atom stereocenters. The fourth-order valence-electron chi connectivity index (χ4n) is 3.68. The number of H-pyrrole nitrogens is 1. The van der Waals surface area contributed by atoms with Gasteiger partial charge in [0.15, 0.2) is 0 Å². The first-order valence-corrected chi connectivity index (χ1v) is 10.3. The number of hydrogen-bond donors (Lipinski definition) is 2. The molecule has 3 rings (SSSR count). The van der Waals surface area contributed by atoms with Gasteiger partial charge in [-0.2, -0.15) is 0 Å². The summed E-state index contributed by atoms with van der Waals surface area (Å²) in [5.41, 5.74) is 2.54. The van der Waals surface area contributed by atoms with Gasteiger partial charge in [-0.25, -0.2) is 9.97 Å². The predicted molar refractivity (Wildman–Crippen MR) is 121 cm³/mol. The molecule has 0 aliphatic rings.